The van der Waals surface area contributed by atoms with E-state index in [2.05, 4.69) is 5.32 Å². The summed E-state index contributed by atoms with van der Waals surface area (Å²) in [5, 5.41) is 22.3. The van der Waals surface area contributed by atoms with Crippen LogP contribution in [0, 0.1) is 0 Å². The molecular formula is C27H29Cl2N4O6S3+. The first-order valence-electron chi connectivity index (χ1n) is 12.9. The number of rotatable bonds is 14. The number of carbonyl (C=O) groups excluding carboxylic acids is 2. The summed E-state index contributed by atoms with van der Waals surface area (Å²) in [6.07, 6.45) is 2.99. The van der Waals surface area contributed by atoms with Gasteiger partial charge in [0.2, 0.25) is 5.91 Å². The zero-order valence-corrected chi connectivity index (χ0v) is 26.2. The van der Waals surface area contributed by atoms with Crippen LogP contribution in [-0.2, 0) is 32.1 Å². The number of pyridine rings is 1. The molecular weight excluding hydrogens is 643 g/mol. The predicted molar refractivity (Wildman–Crippen MR) is 164 cm³/mol. The minimum absolute atomic E-state index is 0.00902. The molecule has 0 aliphatic carbocycles. The van der Waals surface area contributed by atoms with Crippen molar-refractivity contribution in [3.8, 4) is 0 Å². The van der Waals surface area contributed by atoms with E-state index in [1.54, 1.807) is 18.2 Å². The van der Waals surface area contributed by atoms with E-state index < -0.39 is 29.3 Å². The Hall–Kier alpha value is -2.42. The summed E-state index contributed by atoms with van der Waals surface area (Å²) in [5.41, 5.74) is 7.04. The lowest BCUT2D eigenvalue weighted by Crippen LogP contribution is -2.70. The van der Waals surface area contributed by atoms with Gasteiger partial charge in [0.15, 0.2) is 11.9 Å². The highest BCUT2D eigenvalue weighted by molar-refractivity contribution is 8.01. The van der Waals surface area contributed by atoms with Crippen LogP contribution in [0.15, 0.2) is 57.6 Å². The third-order valence-corrected chi connectivity index (χ3v) is 10.7. The van der Waals surface area contributed by atoms with Gasteiger partial charge in [-0.3, -0.25) is 19.3 Å². The fraction of sp³-hybridized carbons (Fsp3) is 0.370. The van der Waals surface area contributed by atoms with Crippen LogP contribution in [0.5, 0.6) is 0 Å². The fourth-order valence-corrected chi connectivity index (χ4v) is 8.22. The van der Waals surface area contributed by atoms with E-state index in [1.165, 1.54) is 40.2 Å². The van der Waals surface area contributed by atoms with Crippen molar-refractivity contribution in [1.82, 2.24) is 10.2 Å². The van der Waals surface area contributed by atoms with E-state index in [0.717, 1.165) is 17.0 Å². The molecule has 15 heteroatoms. The summed E-state index contributed by atoms with van der Waals surface area (Å²) in [4.78, 5) is 51.8. The molecule has 0 unspecified atom stereocenters. The number of halogens is 2. The Kier molecular flexibility index (Phi) is 11.5. The van der Waals surface area contributed by atoms with Crippen molar-refractivity contribution >= 4 is 82.2 Å². The highest BCUT2D eigenvalue weighted by atomic mass is 35.5. The maximum atomic E-state index is 13.0. The predicted octanol–water partition coefficient (Wildman–Crippen LogP) is 3.27. The number of benzene rings is 1. The molecule has 224 valence electrons. The Balaban J connectivity index is 1.40. The van der Waals surface area contributed by atoms with Gasteiger partial charge < -0.3 is 21.3 Å². The standard InChI is InChI=1S/C27H28Cl2N4O6S3/c28-16-2-4-19(29)20(10-16)41-14-21(34)31-23-25(37)33-24(27(38)39)15(13-42-26(23)33)12-40-18-6-9-32(8-1-7-30)17(11-18)3-5-22(35)36/h2,4,6,9-11,23,26H,1,3,5,7-8,12-14,30H2,(H2-,31,34,35,36,38,39)/p+1/t23-,26-/m1/s1. The molecule has 1 saturated heterocycles. The number of carboxylic acids is 2. The maximum Gasteiger partial charge on any atom is 0.352 e. The second-order valence-electron chi connectivity index (χ2n) is 9.45. The molecule has 4 rings (SSSR count). The van der Waals surface area contributed by atoms with Crippen LogP contribution in [0.25, 0.3) is 0 Å². The van der Waals surface area contributed by atoms with Crippen molar-refractivity contribution in [1.29, 1.82) is 0 Å². The normalized spacial score (nSPS) is 18.0. The number of aliphatic carboxylic acids is 2. The molecule has 1 aromatic heterocycles. The molecule has 0 radical (unpaired) electrons. The van der Waals surface area contributed by atoms with E-state index in [-0.39, 0.29) is 23.8 Å². The van der Waals surface area contributed by atoms with Gasteiger partial charge in [0, 0.05) is 51.3 Å². The van der Waals surface area contributed by atoms with Crippen molar-refractivity contribution in [3.05, 3.63) is 63.5 Å². The molecule has 1 aromatic carbocycles. The second-order valence-corrected chi connectivity index (χ2v) is 13.5. The monoisotopic (exact) mass is 671 g/mol. The van der Waals surface area contributed by atoms with Crippen LogP contribution in [0.3, 0.4) is 0 Å². The molecule has 3 heterocycles. The summed E-state index contributed by atoms with van der Waals surface area (Å²) in [7, 11) is 0. The lowest BCUT2D eigenvalue weighted by molar-refractivity contribution is -0.704. The number of thioether (sulfide) groups is 3. The number of carbonyl (C=O) groups is 4. The number of hydrogen-bond acceptors (Lipinski definition) is 8. The summed E-state index contributed by atoms with van der Waals surface area (Å²) in [6.45, 7) is 1.19. The first-order valence-corrected chi connectivity index (χ1v) is 16.7. The molecule has 2 aliphatic heterocycles. The Morgan fingerprint density at radius 2 is 1.95 bits per heavy atom. The summed E-state index contributed by atoms with van der Waals surface area (Å²) < 4.78 is 1.98. The molecule has 2 aromatic rings. The van der Waals surface area contributed by atoms with Gasteiger partial charge in [0.25, 0.3) is 5.91 Å². The first kappa shape index (κ1) is 32.5. The number of β-lactam (4-membered cyclic amide) rings is 1. The van der Waals surface area contributed by atoms with Crippen molar-refractivity contribution in [2.45, 2.75) is 47.0 Å². The lowest BCUT2D eigenvalue weighted by atomic mass is 10.0. The Morgan fingerprint density at radius 3 is 2.67 bits per heavy atom. The number of aryl methyl sites for hydroxylation is 2. The average Bonchev–Trinajstić information content (AvgIpc) is 2.96. The van der Waals surface area contributed by atoms with E-state index in [9.17, 15) is 24.3 Å². The summed E-state index contributed by atoms with van der Waals surface area (Å²) >= 11 is 16.2. The quantitative estimate of drug-likeness (QED) is 0.134. The molecule has 0 bridgehead atoms. The summed E-state index contributed by atoms with van der Waals surface area (Å²) in [5.74, 6) is -2.19. The van der Waals surface area contributed by atoms with E-state index in [4.69, 9.17) is 34.0 Å². The first-order chi connectivity index (χ1) is 20.1. The van der Waals surface area contributed by atoms with Gasteiger partial charge in [-0.25, -0.2) is 9.36 Å². The largest absolute Gasteiger partial charge is 0.481 e. The number of nitrogens with two attached hydrogens (primary N) is 1. The maximum absolute atomic E-state index is 13.0. The fourth-order valence-electron chi connectivity index (χ4n) is 4.49. The lowest BCUT2D eigenvalue weighted by Gasteiger charge is -2.49. The van der Waals surface area contributed by atoms with Gasteiger partial charge in [-0.05, 0) is 30.3 Å². The number of amides is 2. The van der Waals surface area contributed by atoms with Crippen molar-refractivity contribution in [2.75, 3.05) is 23.8 Å². The van der Waals surface area contributed by atoms with E-state index >= 15 is 0 Å². The highest BCUT2D eigenvalue weighted by Crippen LogP contribution is 2.41. The number of fused-ring (bicyclic) bond motifs is 1. The van der Waals surface area contributed by atoms with Gasteiger partial charge >= 0.3 is 11.9 Å². The Morgan fingerprint density at radius 1 is 1.17 bits per heavy atom. The zero-order chi connectivity index (χ0) is 30.4. The van der Waals surface area contributed by atoms with E-state index in [0.29, 0.717) is 51.5 Å². The smallest absolute Gasteiger partial charge is 0.352 e. The molecule has 2 atom stereocenters. The molecule has 0 saturated carbocycles. The van der Waals surface area contributed by atoms with Crippen LogP contribution in [-0.4, -0.2) is 74.1 Å². The molecule has 2 amide bonds. The van der Waals surface area contributed by atoms with Gasteiger partial charge in [-0.2, -0.15) is 0 Å². The number of carboxylic acid groups (broad SMARTS) is 2. The number of hydrogen-bond donors (Lipinski definition) is 4. The third kappa shape index (κ3) is 7.94. The topological polar surface area (TPSA) is 154 Å². The average molecular weight is 673 g/mol. The number of nitrogens with zero attached hydrogens (tertiary/aromatic N) is 2. The molecule has 0 spiro atoms. The van der Waals surface area contributed by atoms with E-state index in [1.807, 2.05) is 22.9 Å². The van der Waals surface area contributed by atoms with Crippen molar-refractivity contribution in [3.63, 3.8) is 0 Å². The zero-order valence-electron chi connectivity index (χ0n) is 22.3. The molecule has 42 heavy (non-hydrogen) atoms. The third-order valence-electron chi connectivity index (χ3n) is 6.53. The van der Waals surface area contributed by atoms with Gasteiger partial charge in [-0.1, -0.05) is 23.2 Å². The van der Waals surface area contributed by atoms with Crippen LogP contribution >= 0.6 is 58.5 Å². The van der Waals surface area contributed by atoms with Crippen molar-refractivity contribution in [2.24, 2.45) is 5.73 Å². The highest BCUT2D eigenvalue weighted by Gasteiger charge is 2.54. The number of aromatic nitrogens is 1. The van der Waals surface area contributed by atoms with Crippen LogP contribution in [0.2, 0.25) is 10.0 Å². The van der Waals surface area contributed by atoms with Gasteiger partial charge in [0.1, 0.15) is 23.7 Å². The molecule has 5 N–H and O–H groups in total. The number of nitrogens with one attached hydrogen (secondary N) is 1. The minimum atomic E-state index is -1.20. The van der Waals surface area contributed by atoms with Crippen LogP contribution in [0.4, 0.5) is 0 Å². The molecule has 10 nitrogen and oxygen atoms in total. The summed E-state index contributed by atoms with van der Waals surface area (Å²) in [6, 6.07) is 7.94. The van der Waals surface area contributed by atoms with Crippen LogP contribution < -0.4 is 15.6 Å². The molecule has 2 aliphatic rings. The van der Waals surface area contributed by atoms with Crippen molar-refractivity contribution < 1.29 is 34.0 Å². The van der Waals surface area contributed by atoms with Crippen LogP contribution in [0.1, 0.15) is 18.5 Å². The van der Waals surface area contributed by atoms with Gasteiger partial charge in [0.05, 0.1) is 17.2 Å². The SMILES string of the molecule is NCCC[n+]1ccc(SCC2=C(C(=O)O)N3C(=O)[C@@H](NC(=O)CSc4cc(Cl)ccc4Cl)[C@H]3SC2)cc1CCC(=O)O. The van der Waals surface area contributed by atoms with Gasteiger partial charge in [-0.15, -0.1) is 35.3 Å². The molecule has 1 fully saturated rings. The Labute approximate surface area is 265 Å². The minimum Gasteiger partial charge on any atom is -0.481 e. The second kappa shape index (κ2) is 14.8. The Bertz CT molecular complexity index is 1430.